The first-order valence-electron chi connectivity index (χ1n) is 11.3. The van der Waals surface area contributed by atoms with E-state index in [1.807, 2.05) is 35.2 Å². The van der Waals surface area contributed by atoms with Gasteiger partial charge in [-0.25, -0.2) is 4.39 Å². The summed E-state index contributed by atoms with van der Waals surface area (Å²) in [5, 5.41) is 10.1. The van der Waals surface area contributed by atoms with Crippen LogP contribution in [0.4, 0.5) is 4.39 Å². The van der Waals surface area contributed by atoms with Crippen molar-refractivity contribution in [1.29, 1.82) is 0 Å². The Morgan fingerprint density at radius 3 is 2.73 bits per heavy atom. The van der Waals surface area contributed by atoms with Crippen LogP contribution in [0, 0.1) is 5.82 Å². The number of nitrogens with zero attached hydrogens (tertiary/aromatic N) is 2. The van der Waals surface area contributed by atoms with Gasteiger partial charge in [-0.2, -0.15) is 0 Å². The number of carboxylic acid groups (broad SMARTS) is 1. The lowest BCUT2D eigenvalue weighted by molar-refractivity contribution is -0.137. The molecule has 0 fully saturated rings. The van der Waals surface area contributed by atoms with Gasteiger partial charge in [0, 0.05) is 42.7 Å². The number of aliphatic carboxylic acids is 1. The van der Waals surface area contributed by atoms with E-state index in [2.05, 4.69) is 0 Å². The van der Waals surface area contributed by atoms with Crippen LogP contribution < -0.4 is 0 Å². The highest BCUT2D eigenvalue weighted by Crippen LogP contribution is 2.34. The minimum absolute atomic E-state index is 0.0388. The molecule has 1 aliphatic rings. The predicted octanol–water partition coefficient (Wildman–Crippen LogP) is 3.83. The molecule has 0 saturated carbocycles. The summed E-state index contributed by atoms with van der Waals surface area (Å²) >= 11 is 0. The minimum atomic E-state index is -0.932. The van der Waals surface area contributed by atoms with Crippen molar-refractivity contribution in [2.75, 3.05) is 20.3 Å². The van der Waals surface area contributed by atoms with Crippen molar-refractivity contribution < 1.29 is 23.8 Å². The molecule has 0 radical (unpaired) electrons. The van der Waals surface area contributed by atoms with E-state index in [1.54, 1.807) is 17.7 Å². The number of carbonyl (C=O) groups excluding carboxylic acids is 1. The van der Waals surface area contributed by atoms with E-state index in [0.717, 1.165) is 34.1 Å². The van der Waals surface area contributed by atoms with Crippen molar-refractivity contribution in [3.63, 3.8) is 0 Å². The Labute approximate surface area is 192 Å². The number of aromatic nitrogens is 1. The van der Waals surface area contributed by atoms with Crippen LogP contribution in [0.15, 0.2) is 48.5 Å². The fraction of sp³-hybridized carbons (Fsp3) is 0.385. The van der Waals surface area contributed by atoms with Crippen LogP contribution in [0.3, 0.4) is 0 Å². The summed E-state index contributed by atoms with van der Waals surface area (Å²) in [5.74, 6) is -1.21. The normalized spacial score (nSPS) is 15.4. The van der Waals surface area contributed by atoms with E-state index in [4.69, 9.17) is 4.74 Å². The van der Waals surface area contributed by atoms with Gasteiger partial charge in [-0.15, -0.1) is 0 Å². The van der Waals surface area contributed by atoms with Gasteiger partial charge in [0.2, 0.25) is 5.91 Å². The van der Waals surface area contributed by atoms with E-state index >= 15 is 0 Å². The molecule has 4 rings (SSSR count). The van der Waals surface area contributed by atoms with Crippen LogP contribution in [0.5, 0.6) is 0 Å². The molecule has 7 heteroatoms. The first-order chi connectivity index (χ1) is 16.0. The van der Waals surface area contributed by atoms with E-state index in [1.165, 1.54) is 12.1 Å². The number of hydrogen-bond acceptors (Lipinski definition) is 3. The van der Waals surface area contributed by atoms with Crippen LogP contribution in [0.1, 0.15) is 29.7 Å². The zero-order valence-corrected chi connectivity index (χ0v) is 18.8. The molecule has 3 aromatic rings. The molecule has 1 atom stereocenters. The molecule has 1 aromatic heterocycles. The molecule has 1 aliphatic carbocycles. The standard InChI is InChI=1S/C26H29FN2O4/c1-33-14-13-28(25(30)12-7-18-5-3-2-4-6-18)20-9-11-24-22(16-20)21-15-19(27)8-10-23(21)29(24)17-26(31)32/h2-6,8,10,15,20H,7,9,11-14,16-17H2,1H3,(H,31,32). The van der Waals surface area contributed by atoms with Crippen molar-refractivity contribution in [1.82, 2.24) is 9.47 Å². The molecule has 174 valence electrons. The second-order valence-corrected chi connectivity index (χ2v) is 8.53. The Hall–Kier alpha value is -3.19. The number of carboxylic acids is 1. The first kappa shape index (κ1) is 23.0. The van der Waals surface area contributed by atoms with E-state index < -0.39 is 5.97 Å². The zero-order chi connectivity index (χ0) is 23.4. The number of ether oxygens (including phenoxy) is 1. The van der Waals surface area contributed by atoms with E-state index in [0.29, 0.717) is 38.8 Å². The van der Waals surface area contributed by atoms with Crippen molar-refractivity contribution in [2.45, 2.75) is 44.7 Å². The fourth-order valence-corrected chi connectivity index (χ4v) is 4.93. The highest BCUT2D eigenvalue weighted by molar-refractivity contribution is 5.87. The molecule has 0 bridgehead atoms. The summed E-state index contributed by atoms with van der Waals surface area (Å²) in [6, 6.07) is 14.4. The largest absolute Gasteiger partial charge is 0.480 e. The summed E-state index contributed by atoms with van der Waals surface area (Å²) in [7, 11) is 1.62. The maximum atomic E-state index is 14.1. The Morgan fingerprint density at radius 2 is 2.00 bits per heavy atom. The summed E-state index contributed by atoms with van der Waals surface area (Å²) in [4.78, 5) is 26.6. The summed E-state index contributed by atoms with van der Waals surface area (Å²) < 4.78 is 21.1. The number of hydrogen-bond donors (Lipinski definition) is 1. The van der Waals surface area contributed by atoms with Gasteiger partial charge in [0.1, 0.15) is 12.4 Å². The second-order valence-electron chi connectivity index (χ2n) is 8.53. The van der Waals surface area contributed by atoms with Crippen molar-refractivity contribution in [2.24, 2.45) is 0 Å². The van der Waals surface area contributed by atoms with Crippen molar-refractivity contribution in [3.05, 3.63) is 71.2 Å². The molecule has 1 amide bonds. The summed E-state index contributed by atoms with van der Waals surface area (Å²) in [6.45, 7) is 0.771. The number of amides is 1. The van der Waals surface area contributed by atoms with Crippen LogP contribution in [-0.2, 0) is 40.1 Å². The Morgan fingerprint density at radius 1 is 1.21 bits per heavy atom. The van der Waals surface area contributed by atoms with Gasteiger partial charge < -0.3 is 19.3 Å². The van der Waals surface area contributed by atoms with Gasteiger partial charge in [-0.3, -0.25) is 9.59 Å². The average Bonchev–Trinajstić information content (AvgIpc) is 3.10. The van der Waals surface area contributed by atoms with E-state index in [-0.39, 0.29) is 24.3 Å². The Balaban J connectivity index is 1.60. The third kappa shape index (κ3) is 5.09. The number of methoxy groups -OCH3 is 1. The summed E-state index contributed by atoms with van der Waals surface area (Å²) in [6.07, 6.45) is 3.02. The topological polar surface area (TPSA) is 71.8 Å². The summed E-state index contributed by atoms with van der Waals surface area (Å²) in [5.41, 5.74) is 3.72. The van der Waals surface area contributed by atoms with Gasteiger partial charge in [0.25, 0.3) is 0 Å². The molecule has 0 saturated heterocycles. The zero-order valence-electron chi connectivity index (χ0n) is 18.8. The Kier molecular flexibility index (Phi) is 7.08. The lowest BCUT2D eigenvalue weighted by Crippen LogP contribution is -2.45. The third-order valence-corrected chi connectivity index (χ3v) is 6.46. The van der Waals surface area contributed by atoms with Crippen LogP contribution in [0.2, 0.25) is 0 Å². The second kappa shape index (κ2) is 10.2. The number of carbonyl (C=O) groups is 2. The molecule has 0 spiro atoms. The monoisotopic (exact) mass is 452 g/mol. The predicted molar refractivity (Wildman–Crippen MR) is 124 cm³/mol. The maximum Gasteiger partial charge on any atom is 0.323 e. The molecule has 0 aliphatic heterocycles. The number of rotatable bonds is 9. The smallest absolute Gasteiger partial charge is 0.323 e. The van der Waals surface area contributed by atoms with Gasteiger partial charge in [-0.05, 0) is 55.0 Å². The number of aryl methyl sites for hydroxylation is 1. The molecular weight excluding hydrogens is 423 g/mol. The van der Waals surface area contributed by atoms with Gasteiger partial charge in [0.05, 0.1) is 6.61 Å². The molecule has 1 unspecified atom stereocenters. The molecule has 2 aromatic carbocycles. The van der Waals surface area contributed by atoms with Crippen LogP contribution >= 0.6 is 0 Å². The van der Waals surface area contributed by atoms with Crippen molar-refractivity contribution >= 4 is 22.8 Å². The molecular formula is C26H29FN2O4. The Bertz CT molecular complexity index is 1140. The molecule has 33 heavy (non-hydrogen) atoms. The number of halogens is 1. The third-order valence-electron chi connectivity index (χ3n) is 6.46. The van der Waals surface area contributed by atoms with Gasteiger partial charge in [0.15, 0.2) is 0 Å². The van der Waals surface area contributed by atoms with Gasteiger partial charge >= 0.3 is 5.97 Å². The molecule has 1 heterocycles. The first-order valence-corrected chi connectivity index (χ1v) is 11.3. The van der Waals surface area contributed by atoms with Crippen molar-refractivity contribution in [3.8, 4) is 0 Å². The van der Waals surface area contributed by atoms with Gasteiger partial charge in [-0.1, -0.05) is 30.3 Å². The number of fused-ring (bicyclic) bond motifs is 3. The highest BCUT2D eigenvalue weighted by atomic mass is 19.1. The quantitative estimate of drug-likeness (QED) is 0.536. The number of benzene rings is 2. The average molecular weight is 453 g/mol. The van der Waals surface area contributed by atoms with E-state index in [9.17, 15) is 19.1 Å². The minimum Gasteiger partial charge on any atom is -0.480 e. The molecule has 6 nitrogen and oxygen atoms in total. The lowest BCUT2D eigenvalue weighted by atomic mass is 9.90. The highest BCUT2D eigenvalue weighted by Gasteiger charge is 2.31. The van der Waals surface area contributed by atoms with Crippen LogP contribution in [0.25, 0.3) is 10.9 Å². The SMILES string of the molecule is COCCN(C(=O)CCc1ccccc1)C1CCc2c(c3cc(F)ccc3n2CC(=O)O)C1. The van der Waals surface area contributed by atoms with Crippen LogP contribution in [-0.4, -0.2) is 52.8 Å². The maximum absolute atomic E-state index is 14.1. The fourth-order valence-electron chi connectivity index (χ4n) is 4.93. The molecule has 1 N–H and O–H groups in total. The lowest BCUT2D eigenvalue weighted by Gasteiger charge is -2.35.